The van der Waals surface area contributed by atoms with Crippen LogP contribution in [0, 0.1) is 0 Å². The molecule has 2 aromatic rings. The Morgan fingerprint density at radius 1 is 1.31 bits per heavy atom. The van der Waals surface area contributed by atoms with Crippen molar-refractivity contribution in [3.63, 3.8) is 0 Å². The molecule has 1 fully saturated rings. The second-order valence-electron chi connectivity index (χ2n) is 6.96. The summed E-state index contributed by atoms with van der Waals surface area (Å²) in [6.45, 7) is 5.41. The number of aliphatic imine (C=N–C) groups is 1. The van der Waals surface area contributed by atoms with Crippen LogP contribution in [-0.4, -0.2) is 47.9 Å². The summed E-state index contributed by atoms with van der Waals surface area (Å²) in [4.78, 5) is 8.80. The Morgan fingerprint density at radius 2 is 2.15 bits per heavy atom. The van der Waals surface area contributed by atoms with Crippen molar-refractivity contribution in [1.29, 1.82) is 0 Å². The van der Waals surface area contributed by atoms with Crippen LogP contribution in [0.2, 0.25) is 0 Å². The van der Waals surface area contributed by atoms with E-state index in [0.29, 0.717) is 0 Å². The predicted molar refractivity (Wildman–Crippen MR) is 104 cm³/mol. The Kier molecular flexibility index (Phi) is 6.28. The number of benzene rings is 1. The van der Waals surface area contributed by atoms with Crippen molar-refractivity contribution in [2.45, 2.75) is 38.3 Å². The van der Waals surface area contributed by atoms with Crippen molar-refractivity contribution >= 4 is 5.96 Å². The first-order valence-corrected chi connectivity index (χ1v) is 9.31. The average Bonchev–Trinajstić information content (AvgIpc) is 3.28. The van der Waals surface area contributed by atoms with Crippen molar-refractivity contribution in [1.82, 2.24) is 20.2 Å². The highest BCUT2D eigenvalue weighted by atomic mass is 16.5. The highest BCUT2D eigenvalue weighted by Gasteiger charge is 2.29. The van der Waals surface area contributed by atoms with E-state index in [9.17, 15) is 0 Å². The van der Waals surface area contributed by atoms with Gasteiger partial charge in [-0.25, -0.2) is 4.98 Å². The molecule has 1 unspecified atom stereocenters. The lowest BCUT2D eigenvalue weighted by Crippen LogP contribution is -2.46. The van der Waals surface area contributed by atoms with Gasteiger partial charge in [0.05, 0.1) is 5.60 Å². The third kappa shape index (κ3) is 5.08. The van der Waals surface area contributed by atoms with Gasteiger partial charge in [0, 0.05) is 52.1 Å². The monoisotopic (exact) mass is 355 g/mol. The minimum absolute atomic E-state index is 0.0798. The molecule has 0 amide bonds. The van der Waals surface area contributed by atoms with Crippen LogP contribution in [0.25, 0.3) is 0 Å². The maximum Gasteiger partial charge on any atom is 0.191 e. The first kappa shape index (κ1) is 18.5. The number of hydrogen-bond donors (Lipinski definition) is 2. The van der Waals surface area contributed by atoms with Crippen LogP contribution < -0.4 is 10.6 Å². The Morgan fingerprint density at radius 3 is 2.88 bits per heavy atom. The number of hydrogen-bond acceptors (Lipinski definition) is 3. The van der Waals surface area contributed by atoms with E-state index in [-0.39, 0.29) is 5.60 Å². The molecular formula is C20H29N5O. The van der Waals surface area contributed by atoms with Gasteiger partial charge in [-0.1, -0.05) is 30.3 Å². The molecule has 0 aliphatic carbocycles. The zero-order chi connectivity index (χ0) is 18.2. The lowest BCUT2D eigenvalue weighted by Gasteiger charge is -2.24. The van der Waals surface area contributed by atoms with E-state index in [1.54, 1.807) is 7.05 Å². The maximum atomic E-state index is 5.81. The molecule has 2 N–H and O–H groups in total. The third-order valence-corrected chi connectivity index (χ3v) is 4.79. The Bertz CT molecular complexity index is 704. The fourth-order valence-corrected chi connectivity index (χ4v) is 3.25. The van der Waals surface area contributed by atoms with Crippen LogP contribution in [0.4, 0.5) is 0 Å². The van der Waals surface area contributed by atoms with E-state index in [1.807, 2.05) is 18.5 Å². The van der Waals surface area contributed by atoms with Gasteiger partial charge in [0.25, 0.3) is 0 Å². The molecule has 1 aromatic carbocycles. The molecule has 140 valence electrons. The fourth-order valence-electron chi connectivity index (χ4n) is 3.25. The molecule has 2 heterocycles. The van der Waals surface area contributed by atoms with Crippen molar-refractivity contribution in [2.24, 2.45) is 4.99 Å². The number of nitrogens with one attached hydrogen (secondary N) is 2. The summed E-state index contributed by atoms with van der Waals surface area (Å²) in [6, 6.07) is 10.5. The van der Waals surface area contributed by atoms with Gasteiger partial charge in [-0.3, -0.25) is 4.99 Å². The van der Waals surface area contributed by atoms with Gasteiger partial charge in [-0.05, 0) is 25.3 Å². The standard InChI is InChI=1S/C20H29N5O/c1-20(10-6-14-26-20)16-24-19(21-2)23-11-9-18-22-12-13-25(18)15-17-7-4-3-5-8-17/h3-5,7-8,12-13H,6,9-11,14-16H2,1-2H3,(H2,21,23,24). The Labute approximate surface area is 155 Å². The molecule has 1 saturated heterocycles. The minimum atomic E-state index is -0.0798. The van der Waals surface area contributed by atoms with Crippen LogP contribution in [0.5, 0.6) is 0 Å². The van der Waals surface area contributed by atoms with Gasteiger partial charge in [-0.2, -0.15) is 0 Å². The summed E-state index contributed by atoms with van der Waals surface area (Å²) in [5.74, 6) is 1.88. The normalized spacial score (nSPS) is 20.3. The van der Waals surface area contributed by atoms with Gasteiger partial charge < -0.3 is 19.9 Å². The number of nitrogens with zero attached hydrogens (tertiary/aromatic N) is 3. The quantitative estimate of drug-likeness (QED) is 0.590. The summed E-state index contributed by atoms with van der Waals surface area (Å²) in [5.41, 5.74) is 1.20. The fraction of sp³-hybridized carbons (Fsp3) is 0.500. The first-order valence-electron chi connectivity index (χ1n) is 9.31. The largest absolute Gasteiger partial charge is 0.373 e. The number of rotatable bonds is 7. The van der Waals surface area contributed by atoms with Crippen molar-refractivity contribution < 1.29 is 4.74 Å². The second-order valence-corrected chi connectivity index (χ2v) is 6.96. The lowest BCUT2D eigenvalue weighted by molar-refractivity contribution is 0.0243. The van der Waals surface area contributed by atoms with E-state index in [4.69, 9.17) is 4.74 Å². The highest BCUT2D eigenvalue weighted by molar-refractivity contribution is 5.79. The number of aromatic nitrogens is 2. The van der Waals surface area contributed by atoms with Gasteiger partial charge in [0.15, 0.2) is 5.96 Å². The van der Waals surface area contributed by atoms with Crippen LogP contribution in [-0.2, 0) is 17.7 Å². The molecule has 1 atom stereocenters. The zero-order valence-corrected chi connectivity index (χ0v) is 15.7. The smallest absolute Gasteiger partial charge is 0.191 e. The number of guanidine groups is 1. The summed E-state index contributed by atoms with van der Waals surface area (Å²) < 4.78 is 8.01. The number of ether oxygens (including phenoxy) is 1. The number of imidazole rings is 1. The van der Waals surface area contributed by atoms with E-state index in [2.05, 4.69) is 56.4 Å². The maximum absolute atomic E-state index is 5.81. The molecule has 0 radical (unpaired) electrons. The first-order chi connectivity index (χ1) is 12.7. The Balaban J connectivity index is 1.46. The summed E-state index contributed by atoms with van der Waals surface area (Å²) in [7, 11) is 1.80. The molecule has 6 nitrogen and oxygen atoms in total. The average molecular weight is 355 g/mol. The Hall–Kier alpha value is -2.34. The molecule has 6 heteroatoms. The van der Waals surface area contributed by atoms with Gasteiger partial charge in [0.1, 0.15) is 5.82 Å². The van der Waals surface area contributed by atoms with Crippen LogP contribution in [0.3, 0.4) is 0 Å². The van der Waals surface area contributed by atoms with Crippen molar-refractivity contribution in [3.05, 3.63) is 54.1 Å². The van der Waals surface area contributed by atoms with E-state index >= 15 is 0 Å². The highest BCUT2D eigenvalue weighted by Crippen LogP contribution is 2.23. The van der Waals surface area contributed by atoms with Gasteiger partial charge in [0.2, 0.25) is 0 Å². The molecule has 26 heavy (non-hydrogen) atoms. The van der Waals surface area contributed by atoms with Gasteiger partial charge in [-0.15, -0.1) is 0 Å². The molecule has 0 spiro atoms. The summed E-state index contributed by atoms with van der Waals surface area (Å²) in [5, 5.41) is 6.74. The lowest BCUT2D eigenvalue weighted by atomic mass is 10.0. The van der Waals surface area contributed by atoms with Gasteiger partial charge >= 0.3 is 0 Å². The van der Waals surface area contributed by atoms with Crippen molar-refractivity contribution in [3.8, 4) is 0 Å². The summed E-state index contributed by atoms with van der Waals surface area (Å²) >= 11 is 0. The van der Waals surface area contributed by atoms with E-state index in [0.717, 1.165) is 57.3 Å². The van der Waals surface area contributed by atoms with Crippen LogP contribution in [0.1, 0.15) is 31.2 Å². The molecule has 0 saturated carbocycles. The van der Waals surface area contributed by atoms with E-state index in [1.165, 1.54) is 5.56 Å². The SMILES string of the molecule is CN=C(NCCc1nccn1Cc1ccccc1)NCC1(C)CCCO1. The molecule has 1 aliphatic rings. The molecule has 1 aliphatic heterocycles. The summed E-state index contributed by atoms with van der Waals surface area (Å²) in [6.07, 6.45) is 6.97. The predicted octanol–water partition coefficient (Wildman–Crippen LogP) is 2.21. The molecule has 3 rings (SSSR count). The van der Waals surface area contributed by atoms with E-state index < -0.39 is 0 Å². The van der Waals surface area contributed by atoms with Crippen molar-refractivity contribution in [2.75, 3.05) is 26.7 Å². The topological polar surface area (TPSA) is 63.5 Å². The minimum Gasteiger partial charge on any atom is -0.373 e. The molecule has 1 aromatic heterocycles. The molecule has 0 bridgehead atoms. The molecular weight excluding hydrogens is 326 g/mol. The van der Waals surface area contributed by atoms with Crippen LogP contribution >= 0.6 is 0 Å². The zero-order valence-electron chi connectivity index (χ0n) is 15.7. The second kappa shape index (κ2) is 8.85. The van der Waals surface area contributed by atoms with Crippen LogP contribution in [0.15, 0.2) is 47.7 Å². The third-order valence-electron chi connectivity index (χ3n) is 4.79.